The van der Waals surface area contributed by atoms with Crippen molar-refractivity contribution in [2.24, 2.45) is 7.05 Å². The van der Waals surface area contributed by atoms with Gasteiger partial charge in [0.1, 0.15) is 18.0 Å². The highest BCUT2D eigenvalue weighted by molar-refractivity contribution is 5.34. The number of aromatic nitrogens is 5. The Bertz CT molecular complexity index is 572. The maximum atomic E-state index is 11.3. The summed E-state index contributed by atoms with van der Waals surface area (Å²) in [6.45, 7) is 3.67. The first-order chi connectivity index (χ1) is 8.06. The van der Waals surface area contributed by atoms with Gasteiger partial charge in [-0.1, -0.05) is 0 Å². The highest BCUT2D eigenvalue weighted by Crippen LogP contribution is 2.13. The van der Waals surface area contributed by atoms with Gasteiger partial charge in [0, 0.05) is 13.1 Å². The molecule has 0 aliphatic rings. The molecule has 7 heteroatoms. The minimum absolute atomic E-state index is 0.0730. The Balaban J connectivity index is 2.21. The van der Waals surface area contributed by atoms with Crippen LogP contribution in [0.3, 0.4) is 0 Å². The molecule has 2 heterocycles. The molecule has 0 saturated carbocycles. The van der Waals surface area contributed by atoms with Crippen LogP contribution in [0.2, 0.25) is 0 Å². The van der Waals surface area contributed by atoms with E-state index in [1.807, 2.05) is 18.5 Å². The van der Waals surface area contributed by atoms with E-state index in [9.17, 15) is 4.79 Å². The number of aromatic amines is 1. The molecule has 1 unspecified atom stereocenters. The lowest BCUT2D eigenvalue weighted by atomic mass is 10.3. The number of rotatable bonds is 3. The minimum Gasteiger partial charge on any atom is -0.360 e. The summed E-state index contributed by atoms with van der Waals surface area (Å²) in [5.41, 5.74) is -0.176. The van der Waals surface area contributed by atoms with Gasteiger partial charge < -0.3 is 14.9 Å². The third-order valence-electron chi connectivity index (χ3n) is 2.36. The molecule has 0 saturated heterocycles. The van der Waals surface area contributed by atoms with Crippen molar-refractivity contribution in [3.8, 4) is 0 Å². The van der Waals surface area contributed by atoms with Gasteiger partial charge in [-0.2, -0.15) is 0 Å². The molecule has 0 aromatic carbocycles. The van der Waals surface area contributed by atoms with E-state index in [1.54, 1.807) is 13.3 Å². The Labute approximate surface area is 97.9 Å². The Morgan fingerprint density at radius 1 is 1.53 bits per heavy atom. The first-order valence-electron chi connectivity index (χ1n) is 5.24. The maximum Gasteiger partial charge on any atom is 0.252 e. The minimum atomic E-state index is -0.176. The van der Waals surface area contributed by atoms with E-state index >= 15 is 0 Å². The molecule has 0 fully saturated rings. The van der Waals surface area contributed by atoms with Gasteiger partial charge in [0.05, 0.1) is 6.04 Å². The van der Waals surface area contributed by atoms with Crippen LogP contribution >= 0.6 is 0 Å². The van der Waals surface area contributed by atoms with Crippen LogP contribution in [0.15, 0.2) is 17.2 Å². The Hall–Kier alpha value is -2.18. The van der Waals surface area contributed by atoms with Crippen molar-refractivity contribution < 1.29 is 0 Å². The largest absolute Gasteiger partial charge is 0.360 e. The van der Waals surface area contributed by atoms with Gasteiger partial charge in [-0.25, -0.2) is 4.98 Å². The van der Waals surface area contributed by atoms with E-state index in [2.05, 4.69) is 25.5 Å². The highest BCUT2D eigenvalue weighted by atomic mass is 16.1. The monoisotopic (exact) mass is 234 g/mol. The van der Waals surface area contributed by atoms with E-state index in [0.29, 0.717) is 11.6 Å². The number of hydrogen-bond acceptors (Lipinski definition) is 5. The molecule has 2 N–H and O–H groups in total. The predicted molar refractivity (Wildman–Crippen MR) is 62.6 cm³/mol. The van der Waals surface area contributed by atoms with Gasteiger partial charge in [-0.15, -0.1) is 10.2 Å². The SMILES string of the molecule is Cc1nc(NC(C)c2nncn2C)cc(=O)[nH]1. The quantitative estimate of drug-likeness (QED) is 0.801. The lowest BCUT2D eigenvalue weighted by Gasteiger charge is -2.13. The first kappa shape index (κ1) is 11.3. The summed E-state index contributed by atoms with van der Waals surface area (Å²) in [7, 11) is 1.87. The molecule has 90 valence electrons. The van der Waals surface area contributed by atoms with Crippen molar-refractivity contribution in [3.63, 3.8) is 0 Å². The summed E-state index contributed by atoms with van der Waals surface area (Å²) in [6.07, 6.45) is 1.63. The van der Waals surface area contributed by atoms with E-state index in [4.69, 9.17) is 0 Å². The molecule has 7 nitrogen and oxygen atoms in total. The molecule has 0 radical (unpaired) electrons. The number of H-pyrrole nitrogens is 1. The lowest BCUT2D eigenvalue weighted by molar-refractivity contribution is 0.715. The number of aryl methyl sites for hydroxylation is 2. The van der Waals surface area contributed by atoms with Gasteiger partial charge >= 0.3 is 0 Å². The Morgan fingerprint density at radius 3 is 2.88 bits per heavy atom. The lowest BCUT2D eigenvalue weighted by Crippen LogP contribution is -2.16. The Kier molecular flexibility index (Phi) is 2.90. The van der Waals surface area contributed by atoms with E-state index in [-0.39, 0.29) is 11.6 Å². The summed E-state index contributed by atoms with van der Waals surface area (Å²) in [5.74, 6) is 1.89. The molecule has 0 aliphatic carbocycles. The standard InChI is InChI=1S/C10H14N6O/c1-6(10-15-11-5-16(10)3)12-8-4-9(17)14-7(2)13-8/h4-6H,1-3H3,(H2,12,13,14,17). The van der Waals surface area contributed by atoms with Crippen LogP contribution in [0.1, 0.15) is 24.6 Å². The zero-order valence-corrected chi connectivity index (χ0v) is 9.93. The molecule has 2 rings (SSSR count). The van der Waals surface area contributed by atoms with Crippen molar-refractivity contribution in [2.75, 3.05) is 5.32 Å². The summed E-state index contributed by atoms with van der Waals surface area (Å²) in [4.78, 5) is 18.1. The normalized spacial score (nSPS) is 12.4. The van der Waals surface area contributed by atoms with Gasteiger partial charge in [0.25, 0.3) is 5.56 Å². The van der Waals surface area contributed by atoms with Crippen LogP contribution in [0.25, 0.3) is 0 Å². The van der Waals surface area contributed by atoms with Crippen LogP contribution in [0.5, 0.6) is 0 Å². The predicted octanol–water partition coefficient (Wildman–Crippen LogP) is 0.380. The van der Waals surface area contributed by atoms with Gasteiger partial charge in [-0.3, -0.25) is 4.79 Å². The van der Waals surface area contributed by atoms with Gasteiger partial charge in [-0.05, 0) is 13.8 Å². The molecule has 2 aromatic rings. The molecular weight excluding hydrogens is 220 g/mol. The van der Waals surface area contributed by atoms with Crippen molar-refractivity contribution >= 4 is 5.82 Å². The number of anilines is 1. The molecule has 0 aliphatic heterocycles. The second-order valence-corrected chi connectivity index (χ2v) is 3.88. The van der Waals surface area contributed by atoms with E-state index in [0.717, 1.165) is 5.82 Å². The molecule has 1 atom stereocenters. The summed E-state index contributed by atoms with van der Waals surface area (Å²) in [5, 5.41) is 10.9. The third kappa shape index (κ3) is 2.49. The molecular formula is C10H14N6O. The van der Waals surface area contributed by atoms with Crippen LogP contribution in [0.4, 0.5) is 5.82 Å². The molecule has 17 heavy (non-hydrogen) atoms. The topological polar surface area (TPSA) is 88.5 Å². The summed E-state index contributed by atoms with van der Waals surface area (Å²) >= 11 is 0. The third-order valence-corrected chi connectivity index (χ3v) is 2.36. The highest BCUT2D eigenvalue weighted by Gasteiger charge is 2.11. The van der Waals surface area contributed by atoms with Crippen molar-refractivity contribution in [1.82, 2.24) is 24.7 Å². The molecule has 0 spiro atoms. The summed E-state index contributed by atoms with van der Waals surface area (Å²) in [6, 6.07) is 1.34. The van der Waals surface area contributed by atoms with Crippen molar-refractivity contribution in [1.29, 1.82) is 0 Å². The number of hydrogen-bond donors (Lipinski definition) is 2. The van der Waals surface area contributed by atoms with Crippen LogP contribution in [0, 0.1) is 6.92 Å². The van der Waals surface area contributed by atoms with Crippen molar-refractivity contribution in [2.45, 2.75) is 19.9 Å². The zero-order valence-electron chi connectivity index (χ0n) is 9.93. The average molecular weight is 234 g/mol. The first-order valence-corrected chi connectivity index (χ1v) is 5.24. The van der Waals surface area contributed by atoms with Gasteiger partial charge in [0.15, 0.2) is 5.82 Å². The van der Waals surface area contributed by atoms with Crippen LogP contribution in [-0.4, -0.2) is 24.7 Å². The van der Waals surface area contributed by atoms with Crippen LogP contribution < -0.4 is 10.9 Å². The molecule has 0 bridgehead atoms. The fourth-order valence-corrected chi connectivity index (χ4v) is 1.62. The van der Waals surface area contributed by atoms with E-state index < -0.39 is 0 Å². The Morgan fingerprint density at radius 2 is 2.29 bits per heavy atom. The van der Waals surface area contributed by atoms with Crippen LogP contribution in [-0.2, 0) is 7.05 Å². The molecule has 2 aromatic heterocycles. The van der Waals surface area contributed by atoms with E-state index in [1.165, 1.54) is 6.07 Å². The average Bonchev–Trinajstić information content (AvgIpc) is 2.62. The van der Waals surface area contributed by atoms with Crippen molar-refractivity contribution in [3.05, 3.63) is 34.4 Å². The number of nitrogens with one attached hydrogen (secondary N) is 2. The second-order valence-electron chi connectivity index (χ2n) is 3.88. The van der Waals surface area contributed by atoms with Gasteiger partial charge in [0.2, 0.25) is 0 Å². The smallest absolute Gasteiger partial charge is 0.252 e. The molecule has 0 amide bonds. The fraction of sp³-hybridized carbons (Fsp3) is 0.400. The maximum absolute atomic E-state index is 11.3. The summed E-state index contributed by atoms with van der Waals surface area (Å²) < 4.78 is 1.82. The zero-order chi connectivity index (χ0) is 12.4. The second kappa shape index (κ2) is 4.36. The fourth-order valence-electron chi connectivity index (χ4n) is 1.62. The number of nitrogens with zero attached hydrogens (tertiary/aromatic N) is 4.